The Kier molecular flexibility index (Phi) is 6.51. The smallest absolute Gasteiger partial charge is 0.338 e. The van der Waals surface area contributed by atoms with Crippen molar-refractivity contribution >= 4 is 50.6 Å². The molecule has 1 heterocycles. The van der Waals surface area contributed by atoms with Crippen molar-refractivity contribution in [1.29, 1.82) is 0 Å². The van der Waals surface area contributed by atoms with Gasteiger partial charge >= 0.3 is 17.9 Å². The molecule has 1 aliphatic heterocycles. The minimum absolute atomic E-state index is 0.0264. The summed E-state index contributed by atoms with van der Waals surface area (Å²) in [6, 6.07) is 11.3. The minimum atomic E-state index is -4.49. The van der Waals surface area contributed by atoms with Crippen LogP contribution in [0, 0.1) is 50.9 Å². The van der Waals surface area contributed by atoms with Gasteiger partial charge in [-0.15, -0.1) is 0 Å². The van der Waals surface area contributed by atoms with Crippen molar-refractivity contribution in [3.05, 3.63) is 57.2 Å². The van der Waals surface area contributed by atoms with Gasteiger partial charge in [0.05, 0.1) is 22.3 Å². The molecule has 9 rings (SSSR count). The number of halogens is 1. The van der Waals surface area contributed by atoms with Gasteiger partial charge in [-0.2, -0.15) is 8.42 Å². The summed E-state index contributed by atoms with van der Waals surface area (Å²) in [6.07, 6.45) is 4.59. The van der Waals surface area contributed by atoms with Gasteiger partial charge in [-0.1, -0.05) is 0 Å². The quantitative estimate of drug-likeness (QED) is 0.189. The number of carbonyl (C=O) groups is 3. The van der Waals surface area contributed by atoms with Crippen molar-refractivity contribution in [2.45, 2.75) is 61.5 Å². The van der Waals surface area contributed by atoms with Crippen molar-refractivity contribution in [3.63, 3.8) is 0 Å². The first-order valence-corrected chi connectivity index (χ1v) is 17.6. The van der Waals surface area contributed by atoms with Crippen LogP contribution in [-0.2, 0) is 29.2 Å². The van der Waals surface area contributed by atoms with E-state index in [0.717, 1.165) is 29.3 Å². The number of esters is 3. The zero-order valence-corrected chi connectivity index (χ0v) is 26.1. The first kappa shape index (κ1) is 28.0. The van der Waals surface area contributed by atoms with Crippen molar-refractivity contribution < 1.29 is 41.6 Å². The Morgan fingerprint density at radius 2 is 1.56 bits per heavy atom. The zero-order chi connectivity index (χ0) is 29.8. The number of ether oxygens (including phenoxy) is 3. The van der Waals surface area contributed by atoms with Crippen molar-refractivity contribution in [2.24, 2.45) is 47.3 Å². The fourth-order valence-electron chi connectivity index (χ4n) is 9.95. The van der Waals surface area contributed by atoms with E-state index in [-0.39, 0.29) is 22.5 Å². The Morgan fingerprint density at radius 3 is 2.21 bits per heavy atom. The highest BCUT2D eigenvalue weighted by molar-refractivity contribution is 14.1. The fourth-order valence-corrected chi connectivity index (χ4v) is 11.0. The highest BCUT2D eigenvalue weighted by atomic mass is 127. The van der Waals surface area contributed by atoms with E-state index >= 15 is 0 Å². The van der Waals surface area contributed by atoms with Gasteiger partial charge in [-0.05, 0) is 139 Å². The largest absolute Gasteiger partial charge is 0.458 e. The molecule has 6 bridgehead atoms. The second-order valence-corrected chi connectivity index (χ2v) is 16.1. The molecule has 9 nitrogen and oxygen atoms in total. The summed E-state index contributed by atoms with van der Waals surface area (Å²) < 4.78 is 53.3. The van der Waals surface area contributed by atoms with Crippen molar-refractivity contribution in [3.8, 4) is 5.75 Å². The molecule has 0 amide bonds. The molecule has 0 radical (unpaired) electrons. The molecule has 6 unspecified atom stereocenters. The molecule has 6 atom stereocenters. The molecule has 7 fully saturated rings. The van der Waals surface area contributed by atoms with Crippen LogP contribution in [0.4, 0.5) is 0 Å². The van der Waals surface area contributed by atoms with Gasteiger partial charge in [-0.25, -0.2) is 4.79 Å². The molecule has 0 spiro atoms. The van der Waals surface area contributed by atoms with E-state index in [2.05, 4.69) is 22.6 Å². The molecule has 7 aliphatic rings. The number of benzene rings is 2. The van der Waals surface area contributed by atoms with Crippen LogP contribution in [-0.4, -0.2) is 43.1 Å². The summed E-state index contributed by atoms with van der Waals surface area (Å²) in [4.78, 5) is 39.5. The van der Waals surface area contributed by atoms with Gasteiger partial charge < -0.3 is 14.2 Å². The van der Waals surface area contributed by atoms with Gasteiger partial charge in [0.2, 0.25) is 0 Å². The second kappa shape index (κ2) is 10.00. The molecule has 6 saturated carbocycles. The van der Waals surface area contributed by atoms with Gasteiger partial charge in [0.1, 0.15) is 18.0 Å². The molecule has 226 valence electrons. The van der Waals surface area contributed by atoms with Crippen LogP contribution in [0.5, 0.6) is 5.75 Å². The molecule has 43 heavy (non-hydrogen) atoms. The van der Waals surface area contributed by atoms with E-state index in [9.17, 15) is 27.4 Å². The van der Waals surface area contributed by atoms with E-state index in [1.54, 1.807) is 30.3 Å². The number of hydrogen-bond acceptors (Lipinski definition) is 8. The third-order valence-electron chi connectivity index (χ3n) is 11.2. The van der Waals surface area contributed by atoms with Gasteiger partial charge in [0.15, 0.2) is 0 Å². The summed E-state index contributed by atoms with van der Waals surface area (Å²) in [5.41, 5.74) is 0.888. The third-order valence-corrected chi connectivity index (χ3v) is 12.9. The van der Waals surface area contributed by atoms with Crippen LogP contribution in [0.25, 0.3) is 0 Å². The molecule has 1 saturated heterocycles. The molecular formula is C32H31IO9S. The number of rotatable bonds is 6. The summed E-state index contributed by atoms with van der Waals surface area (Å²) >= 11 is 2.15. The van der Waals surface area contributed by atoms with Crippen LogP contribution >= 0.6 is 22.6 Å². The zero-order valence-electron chi connectivity index (χ0n) is 23.1. The van der Waals surface area contributed by atoms with Crippen LogP contribution in [0.3, 0.4) is 0 Å². The Morgan fingerprint density at radius 1 is 0.884 bits per heavy atom. The molecule has 6 aliphatic carbocycles. The standard InChI is InChI=1S/C32H31IO9S/c33-19-3-1-16(2-4-19)30(34)41-28-22-13-23-27(32(36)42-29(23)28)26(22)31(35)40-20-5-6-24(43(37,38)39)21(12-20)25-17-8-14-7-15(10-17)11-18(25)9-14/h1-6,12,14-15,17-18,22-23,25-29H,7-11,13H2,(H,37,38,39). The highest BCUT2D eigenvalue weighted by Crippen LogP contribution is 2.61. The predicted molar refractivity (Wildman–Crippen MR) is 158 cm³/mol. The monoisotopic (exact) mass is 718 g/mol. The lowest BCUT2D eigenvalue weighted by molar-refractivity contribution is -0.149. The minimum Gasteiger partial charge on any atom is -0.458 e. The lowest BCUT2D eigenvalue weighted by atomic mass is 9.51. The highest BCUT2D eigenvalue weighted by Gasteiger charge is 2.70. The molecule has 11 heteroatoms. The molecule has 2 aromatic rings. The van der Waals surface area contributed by atoms with E-state index in [0.29, 0.717) is 41.2 Å². The Hall–Kier alpha value is -2.51. The normalized spacial score (nSPS) is 38.3. The maximum Gasteiger partial charge on any atom is 0.338 e. The Balaban J connectivity index is 1.06. The van der Waals surface area contributed by atoms with Crippen molar-refractivity contribution in [2.75, 3.05) is 0 Å². The van der Waals surface area contributed by atoms with Crippen LogP contribution in [0.2, 0.25) is 0 Å². The second-order valence-electron chi connectivity index (χ2n) is 13.4. The average molecular weight is 719 g/mol. The maximum atomic E-state index is 13.8. The average Bonchev–Trinajstić information content (AvgIpc) is 3.56. The summed E-state index contributed by atoms with van der Waals surface area (Å²) in [5, 5.41) is 0. The van der Waals surface area contributed by atoms with E-state index in [1.807, 2.05) is 0 Å². The summed E-state index contributed by atoms with van der Waals surface area (Å²) in [5.74, 6) is -1.67. The maximum absolute atomic E-state index is 13.8. The fraction of sp³-hybridized carbons (Fsp3) is 0.531. The van der Waals surface area contributed by atoms with Crippen LogP contribution in [0.15, 0.2) is 47.4 Å². The topological polar surface area (TPSA) is 133 Å². The van der Waals surface area contributed by atoms with E-state index in [4.69, 9.17) is 14.2 Å². The number of carbonyl (C=O) groups excluding carboxylic acids is 3. The number of fused-ring (bicyclic) bond motifs is 1. The summed E-state index contributed by atoms with van der Waals surface area (Å²) in [7, 11) is -4.49. The molecule has 1 N–H and O–H groups in total. The van der Waals surface area contributed by atoms with Crippen LogP contribution < -0.4 is 4.74 Å². The molecule has 2 aromatic carbocycles. The number of hydrogen-bond donors (Lipinski definition) is 1. The van der Waals surface area contributed by atoms with E-state index in [1.165, 1.54) is 18.6 Å². The van der Waals surface area contributed by atoms with E-state index < -0.39 is 58.0 Å². The van der Waals surface area contributed by atoms with Gasteiger partial charge in [-0.3, -0.25) is 14.1 Å². The predicted octanol–water partition coefficient (Wildman–Crippen LogP) is 5.02. The van der Waals surface area contributed by atoms with Crippen LogP contribution in [0.1, 0.15) is 60.4 Å². The van der Waals surface area contributed by atoms with Crippen molar-refractivity contribution in [1.82, 2.24) is 0 Å². The van der Waals surface area contributed by atoms with Gasteiger partial charge in [0, 0.05) is 15.4 Å². The Bertz CT molecular complexity index is 1610. The molecular weight excluding hydrogens is 687 g/mol. The Labute approximate surface area is 262 Å². The van der Waals surface area contributed by atoms with Gasteiger partial charge in [0.25, 0.3) is 10.1 Å². The lowest BCUT2D eigenvalue weighted by Crippen LogP contribution is -2.44. The first-order valence-electron chi connectivity index (χ1n) is 15.1. The first-order chi connectivity index (χ1) is 20.5. The summed E-state index contributed by atoms with van der Waals surface area (Å²) in [6.45, 7) is 0. The third kappa shape index (κ3) is 4.55. The molecule has 0 aromatic heterocycles. The SMILES string of the molecule is O=C(OC1C2CC3C1OC(=O)C3C2C(=O)Oc1ccc(S(=O)(=O)O)c(C2C3CC4CC(C3)CC2C4)c1)c1ccc(I)cc1. The lowest BCUT2D eigenvalue weighted by Gasteiger charge is -2.54.